The van der Waals surface area contributed by atoms with Crippen LogP contribution in [0.3, 0.4) is 0 Å². The second kappa shape index (κ2) is 5.15. The van der Waals surface area contributed by atoms with Gasteiger partial charge in [0.2, 0.25) is 0 Å². The molecule has 0 aliphatic carbocycles. The van der Waals surface area contributed by atoms with Gasteiger partial charge in [-0.3, -0.25) is 0 Å². The molecule has 1 heteroatoms. The number of hydrogen-bond donors (Lipinski definition) is 1. The van der Waals surface area contributed by atoms with E-state index >= 15 is 0 Å². The van der Waals surface area contributed by atoms with Crippen molar-refractivity contribution < 1.29 is 5.11 Å². The summed E-state index contributed by atoms with van der Waals surface area (Å²) in [7, 11) is 0. The summed E-state index contributed by atoms with van der Waals surface area (Å²) >= 11 is 0. The van der Waals surface area contributed by atoms with E-state index < -0.39 is 0 Å². The molecule has 0 heterocycles. The Kier molecular flexibility index (Phi) is 3.60. The topological polar surface area (TPSA) is 20.2 Å². The van der Waals surface area contributed by atoms with Crippen LogP contribution in [0.2, 0.25) is 0 Å². The molecule has 1 N–H and O–H groups in total. The third kappa shape index (κ3) is 2.95. The predicted octanol–water partition coefficient (Wildman–Crippen LogP) is 3.51. The van der Waals surface area contributed by atoms with E-state index in [-0.39, 0.29) is 6.61 Å². The molecule has 0 spiro atoms. The molecular weight excluding hydrogens is 208 g/mol. The molecule has 0 saturated carbocycles. The van der Waals surface area contributed by atoms with E-state index in [1.807, 2.05) is 0 Å². The number of aryl methyl sites for hydroxylation is 2. The lowest BCUT2D eigenvalue weighted by molar-refractivity contribution is 0.299. The fraction of sp³-hybridized carbons (Fsp3) is 0.250. The standard InChI is InChI=1S/C16H18O/c1-12-8-13(2)10-16(9-12)15-5-3-4-14(11-15)6-7-17/h3-5,8-11,17H,6-7H2,1-2H3. The largest absolute Gasteiger partial charge is 0.396 e. The van der Waals surface area contributed by atoms with Crippen LogP contribution < -0.4 is 0 Å². The highest BCUT2D eigenvalue weighted by atomic mass is 16.2. The third-order valence-electron chi connectivity index (χ3n) is 2.88. The molecule has 0 bridgehead atoms. The molecule has 2 aromatic rings. The summed E-state index contributed by atoms with van der Waals surface area (Å²) in [4.78, 5) is 0. The van der Waals surface area contributed by atoms with Crippen LogP contribution in [0.25, 0.3) is 11.1 Å². The summed E-state index contributed by atoms with van der Waals surface area (Å²) in [5.41, 5.74) is 6.23. The second-order valence-corrected chi connectivity index (χ2v) is 4.55. The Bertz CT molecular complexity index is 494. The first kappa shape index (κ1) is 11.9. The van der Waals surface area contributed by atoms with Crippen molar-refractivity contribution in [1.29, 1.82) is 0 Å². The molecule has 1 nitrogen and oxygen atoms in total. The molecule has 0 aromatic heterocycles. The minimum absolute atomic E-state index is 0.205. The zero-order valence-corrected chi connectivity index (χ0v) is 10.4. The van der Waals surface area contributed by atoms with Gasteiger partial charge in [-0.2, -0.15) is 0 Å². The Labute approximate surface area is 103 Å². The van der Waals surface area contributed by atoms with E-state index in [1.165, 1.54) is 27.8 Å². The van der Waals surface area contributed by atoms with E-state index in [1.54, 1.807) is 0 Å². The molecule has 0 saturated heterocycles. The van der Waals surface area contributed by atoms with Crippen molar-refractivity contribution in [1.82, 2.24) is 0 Å². The molecule has 0 amide bonds. The zero-order chi connectivity index (χ0) is 12.3. The molecule has 0 radical (unpaired) electrons. The average molecular weight is 226 g/mol. The fourth-order valence-corrected chi connectivity index (χ4v) is 2.18. The fourth-order valence-electron chi connectivity index (χ4n) is 2.18. The predicted molar refractivity (Wildman–Crippen MR) is 72.1 cm³/mol. The van der Waals surface area contributed by atoms with E-state index in [0.717, 1.165) is 6.42 Å². The SMILES string of the molecule is Cc1cc(C)cc(-c2cccc(CCO)c2)c1. The van der Waals surface area contributed by atoms with Crippen LogP contribution >= 0.6 is 0 Å². The van der Waals surface area contributed by atoms with Gasteiger partial charge < -0.3 is 5.11 Å². The van der Waals surface area contributed by atoms with Gasteiger partial charge in [0.25, 0.3) is 0 Å². The summed E-state index contributed by atoms with van der Waals surface area (Å²) in [5, 5.41) is 8.97. The summed E-state index contributed by atoms with van der Waals surface area (Å²) in [6.07, 6.45) is 0.721. The maximum atomic E-state index is 8.97. The first-order valence-corrected chi connectivity index (χ1v) is 5.97. The molecule has 0 aliphatic heterocycles. The van der Waals surface area contributed by atoms with Gasteiger partial charge in [0.05, 0.1) is 0 Å². The molecule has 88 valence electrons. The highest BCUT2D eigenvalue weighted by molar-refractivity contribution is 5.65. The van der Waals surface area contributed by atoms with Crippen molar-refractivity contribution in [2.75, 3.05) is 6.61 Å². The number of benzene rings is 2. The Morgan fingerprint density at radius 1 is 0.882 bits per heavy atom. The van der Waals surface area contributed by atoms with Crippen molar-refractivity contribution in [3.05, 3.63) is 59.2 Å². The van der Waals surface area contributed by atoms with Crippen LogP contribution in [0.4, 0.5) is 0 Å². The van der Waals surface area contributed by atoms with Gasteiger partial charge in [0, 0.05) is 6.61 Å². The second-order valence-electron chi connectivity index (χ2n) is 4.55. The molecule has 0 atom stereocenters. The number of rotatable bonds is 3. The van der Waals surface area contributed by atoms with Crippen LogP contribution in [0.5, 0.6) is 0 Å². The zero-order valence-electron chi connectivity index (χ0n) is 10.4. The average Bonchev–Trinajstić information content (AvgIpc) is 2.28. The Morgan fingerprint density at radius 2 is 1.59 bits per heavy atom. The van der Waals surface area contributed by atoms with Crippen molar-refractivity contribution in [2.24, 2.45) is 0 Å². The molecule has 0 aliphatic rings. The number of aliphatic hydroxyl groups is 1. The van der Waals surface area contributed by atoms with Gasteiger partial charge in [-0.05, 0) is 37.0 Å². The third-order valence-corrected chi connectivity index (χ3v) is 2.88. The summed E-state index contributed by atoms with van der Waals surface area (Å²) in [5.74, 6) is 0. The Morgan fingerprint density at radius 3 is 2.24 bits per heavy atom. The lowest BCUT2D eigenvalue weighted by Crippen LogP contribution is -1.91. The minimum atomic E-state index is 0.205. The van der Waals surface area contributed by atoms with Crippen LogP contribution in [0.1, 0.15) is 16.7 Å². The number of hydrogen-bond acceptors (Lipinski definition) is 1. The summed E-state index contributed by atoms with van der Waals surface area (Å²) in [6.45, 7) is 4.44. The van der Waals surface area contributed by atoms with Crippen LogP contribution in [0, 0.1) is 13.8 Å². The van der Waals surface area contributed by atoms with Gasteiger partial charge in [0.15, 0.2) is 0 Å². The van der Waals surface area contributed by atoms with Crippen LogP contribution in [0.15, 0.2) is 42.5 Å². The molecule has 0 unspecified atom stereocenters. The summed E-state index contributed by atoms with van der Waals surface area (Å²) in [6, 6.07) is 15.0. The van der Waals surface area contributed by atoms with Crippen LogP contribution in [-0.4, -0.2) is 11.7 Å². The molecule has 0 fully saturated rings. The Balaban J connectivity index is 2.41. The van der Waals surface area contributed by atoms with Crippen molar-refractivity contribution >= 4 is 0 Å². The number of aliphatic hydroxyl groups excluding tert-OH is 1. The smallest absolute Gasteiger partial charge is 0.0471 e. The van der Waals surface area contributed by atoms with Crippen LogP contribution in [-0.2, 0) is 6.42 Å². The van der Waals surface area contributed by atoms with E-state index in [2.05, 4.69) is 56.3 Å². The monoisotopic (exact) mass is 226 g/mol. The normalized spacial score (nSPS) is 10.5. The maximum absolute atomic E-state index is 8.97. The van der Waals surface area contributed by atoms with Gasteiger partial charge in [-0.1, -0.05) is 53.6 Å². The molecule has 17 heavy (non-hydrogen) atoms. The quantitative estimate of drug-likeness (QED) is 0.849. The highest BCUT2D eigenvalue weighted by Gasteiger charge is 2.01. The molecular formula is C16H18O. The van der Waals surface area contributed by atoms with E-state index in [0.29, 0.717) is 0 Å². The minimum Gasteiger partial charge on any atom is -0.396 e. The van der Waals surface area contributed by atoms with Gasteiger partial charge >= 0.3 is 0 Å². The highest BCUT2D eigenvalue weighted by Crippen LogP contribution is 2.23. The van der Waals surface area contributed by atoms with E-state index in [4.69, 9.17) is 5.11 Å². The first-order chi connectivity index (χ1) is 8.19. The maximum Gasteiger partial charge on any atom is 0.0471 e. The first-order valence-electron chi connectivity index (χ1n) is 5.97. The van der Waals surface area contributed by atoms with Crippen molar-refractivity contribution in [3.63, 3.8) is 0 Å². The van der Waals surface area contributed by atoms with E-state index in [9.17, 15) is 0 Å². The van der Waals surface area contributed by atoms with Gasteiger partial charge in [0.1, 0.15) is 0 Å². The molecule has 2 aromatic carbocycles. The Hall–Kier alpha value is -1.60. The lowest BCUT2D eigenvalue weighted by atomic mass is 9.98. The molecule has 2 rings (SSSR count). The van der Waals surface area contributed by atoms with Gasteiger partial charge in [-0.25, -0.2) is 0 Å². The lowest BCUT2D eigenvalue weighted by Gasteiger charge is -2.07. The van der Waals surface area contributed by atoms with Crippen molar-refractivity contribution in [3.8, 4) is 11.1 Å². The van der Waals surface area contributed by atoms with Gasteiger partial charge in [-0.15, -0.1) is 0 Å². The summed E-state index contributed by atoms with van der Waals surface area (Å²) < 4.78 is 0. The van der Waals surface area contributed by atoms with Crippen molar-refractivity contribution in [2.45, 2.75) is 20.3 Å².